The zero-order valence-electron chi connectivity index (χ0n) is 9.91. The molecule has 1 N–H and O–H groups in total. The number of anilines is 1. The lowest BCUT2D eigenvalue weighted by molar-refractivity contribution is -0.384. The van der Waals surface area contributed by atoms with E-state index in [0.717, 1.165) is 5.56 Å². The molecule has 5 heteroatoms. The number of pyridine rings is 1. The molecular formula is C13H13N3O2. The van der Waals surface area contributed by atoms with Crippen molar-refractivity contribution in [3.05, 3.63) is 64.5 Å². The van der Waals surface area contributed by atoms with Gasteiger partial charge < -0.3 is 5.32 Å². The van der Waals surface area contributed by atoms with E-state index >= 15 is 0 Å². The second-order valence-electron chi connectivity index (χ2n) is 3.92. The lowest BCUT2D eigenvalue weighted by atomic mass is 10.1. The Bertz CT molecular complexity index is 543. The minimum Gasteiger partial charge on any atom is -0.373 e. The molecule has 0 spiro atoms. The molecule has 0 saturated carbocycles. The van der Waals surface area contributed by atoms with Gasteiger partial charge in [-0.05, 0) is 30.7 Å². The third-order valence-corrected chi connectivity index (χ3v) is 2.68. The molecule has 0 bridgehead atoms. The molecule has 1 aromatic heterocycles. The van der Waals surface area contributed by atoms with Crippen LogP contribution in [-0.2, 0) is 0 Å². The first kappa shape index (κ1) is 12.0. The van der Waals surface area contributed by atoms with E-state index in [1.165, 1.54) is 6.07 Å². The van der Waals surface area contributed by atoms with Crippen LogP contribution in [0.25, 0.3) is 0 Å². The average Bonchev–Trinajstić information content (AvgIpc) is 2.40. The summed E-state index contributed by atoms with van der Waals surface area (Å²) in [5, 5.41) is 14.0. The van der Waals surface area contributed by atoms with Crippen molar-refractivity contribution in [1.82, 2.24) is 4.98 Å². The highest BCUT2D eigenvalue weighted by Crippen LogP contribution is 2.27. The van der Waals surface area contributed by atoms with Gasteiger partial charge in [0.2, 0.25) is 0 Å². The van der Waals surface area contributed by atoms with Crippen molar-refractivity contribution in [2.75, 3.05) is 5.32 Å². The first-order chi connectivity index (χ1) is 8.68. The molecule has 1 atom stereocenters. The molecule has 18 heavy (non-hydrogen) atoms. The maximum absolute atomic E-state index is 10.9. The van der Waals surface area contributed by atoms with Gasteiger partial charge in [-0.3, -0.25) is 15.1 Å². The Morgan fingerprint density at radius 2 is 1.89 bits per heavy atom. The second kappa shape index (κ2) is 5.27. The van der Waals surface area contributed by atoms with Crippen molar-refractivity contribution >= 4 is 11.4 Å². The predicted molar refractivity (Wildman–Crippen MR) is 69.4 cm³/mol. The normalized spacial score (nSPS) is 11.8. The second-order valence-corrected chi connectivity index (χ2v) is 3.92. The van der Waals surface area contributed by atoms with Gasteiger partial charge in [0.25, 0.3) is 5.69 Å². The number of nitrogens with zero attached hydrogens (tertiary/aromatic N) is 2. The summed E-state index contributed by atoms with van der Waals surface area (Å²) in [5.74, 6) is 0. The maximum atomic E-state index is 10.9. The molecule has 5 nitrogen and oxygen atoms in total. The van der Waals surface area contributed by atoms with Gasteiger partial charge in [0.05, 0.1) is 4.92 Å². The highest BCUT2D eigenvalue weighted by molar-refractivity contribution is 5.61. The number of rotatable bonds is 4. The third kappa shape index (κ3) is 2.63. The Hall–Kier alpha value is -2.43. The van der Waals surface area contributed by atoms with Gasteiger partial charge in [0.1, 0.15) is 5.69 Å². The van der Waals surface area contributed by atoms with Gasteiger partial charge in [-0.15, -0.1) is 0 Å². The van der Waals surface area contributed by atoms with Crippen LogP contribution in [0, 0.1) is 10.1 Å². The fourth-order valence-electron chi connectivity index (χ4n) is 1.72. The summed E-state index contributed by atoms with van der Waals surface area (Å²) in [7, 11) is 0. The number of aromatic nitrogens is 1. The van der Waals surface area contributed by atoms with Gasteiger partial charge in [0.15, 0.2) is 0 Å². The quantitative estimate of drug-likeness (QED) is 0.661. The molecule has 0 saturated heterocycles. The van der Waals surface area contributed by atoms with E-state index in [9.17, 15) is 10.1 Å². The van der Waals surface area contributed by atoms with Crippen molar-refractivity contribution in [2.45, 2.75) is 13.0 Å². The highest BCUT2D eigenvalue weighted by atomic mass is 16.6. The van der Waals surface area contributed by atoms with Crippen LogP contribution in [-0.4, -0.2) is 9.91 Å². The van der Waals surface area contributed by atoms with Gasteiger partial charge >= 0.3 is 0 Å². The summed E-state index contributed by atoms with van der Waals surface area (Å²) < 4.78 is 0. The maximum Gasteiger partial charge on any atom is 0.292 e. The number of para-hydroxylation sites is 2. The molecule has 0 aliphatic heterocycles. The van der Waals surface area contributed by atoms with Crippen molar-refractivity contribution in [3.8, 4) is 0 Å². The Labute approximate surface area is 105 Å². The smallest absolute Gasteiger partial charge is 0.292 e. The first-order valence-corrected chi connectivity index (χ1v) is 5.58. The highest BCUT2D eigenvalue weighted by Gasteiger charge is 2.14. The summed E-state index contributed by atoms with van der Waals surface area (Å²) in [6, 6.07) is 10.4. The number of hydrogen-bond acceptors (Lipinski definition) is 4. The van der Waals surface area contributed by atoms with Crippen LogP contribution in [0.2, 0.25) is 0 Å². The third-order valence-electron chi connectivity index (χ3n) is 2.68. The fraction of sp³-hybridized carbons (Fsp3) is 0.154. The van der Waals surface area contributed by atoms with Crippen molar-refractivity contribution in [1.29, 1.82) is 0 Å². The number of hydrogen-bond donors (Lipinski definition) is 1. The molecule has 92 valence electrons. The van der Waals surface area contributed by atoms with E-state index in [4.69, 9.17) is 0 Å². The molecule has 0 amide bonds. The van der Waals surface area contributed by atoms with E-state index in [1.807, 2.05) is 19.1 Å². The SMILES string of the molecule is C[C@H](Nc1ccccc1[N+](=O)[O-])c1ccncc1. The van der Waals surface area contributed by atoms with Crippen LogP contribution in [0.3, 0.4) is 0 Å². The van der Waals surface area contributed by atoms with E-state index < -0.39 is 0 Å². The van der Waals surface area contributed by atoms with Crippen LogP contribution >= 0.6 is 0 Å². The zero-order valence-corrected chi connectivity index (χ0v) is 9.91. The average molecular weight is 243 g/mol. The summed E-state index contributed by atoms with van der Waals surface area (Å²) in [4.78, 5) is 14.5. The molecule has 0 unspecified atom stereocenters. The Kier molecular flexibility index (Phi) is 3.52. The summed E-state index contributed by atoms with van der Waals surface area (Å²) >= 11 is 0. The summed E-state index contributed by atoms with van der Waals surface area (Å²) in [6.07, 6.45) is 3.40. The molecule has 1 heterocycles. The lowest BCUT2D eigenvalue weighted by Gasteiger charge is -2.15. The molecular weight excluding hydrogens is 230 g/mol. The van der Waals surface area contributed by atoms with Crippen molar-refractivity contribution in [2.24, 2.45) is 0 Å². The minimum atomic E-state index is -0.387. The number of nitro benzene ring substituents is 1. The Morgan fingerprint density at radius 1 is 1.22 bits per heavy atom. The lowest BCUT2D eigenvalue weighted by Crippen LogP contribution is -2.08. The standard InChI is InChI=1S/C13H13N3O2/c1-10(11-6-8-14-9-7-11)15-12-4-2-3-5-13(12)16(17)18/h2-10,15H,1H3/t10-/m0/s1. The van der Waals surface area contributed by atoms with Crippen LogP contribution in [0.15, 0.2) is 48.8 Å². The minimum absolute atomic E-state index is 0.0194. The molecule has 2 aromatic rings. The van der Waals surface area contributed by atoms with E-state index in [-0.39, 0.29) is 16.7 Å². The van der Waals surface area contributed by atoms with Crippen molar-refractivity contribution < 1.29 is 4.92 Å². The molecule has 0 radical (unpaired) electrons. The fourth-order valence-corrected chi connectivity index (χ4v) is 1.72. The summed E-state index contributed by atoms with van der Waals surface area (Å²) in [6.45, 7) is 1.95. The van der Waals surface area contributed by atoms with E-state index in [0.29, 0.717) is 5.69 Å². The molecule has 0 fully saturated rings. The topological polar surface area (TPSA) is 68.1 Å². The van der Waals surface area contributed by atoms with E-state index in [1.54, 1.807) is 30.6 Å². The van der Waals surface area contributed by atoms with Crippen LogP contribution in [0.5, 0.6) is 0 Å². The van der Waals surface area contributed by atoms with Crippen molar-refractivity contribution in [3.63, 3.8) is 0 Å². The predicted octanol–water partition coefficient (Wildman–Crippen LogP) is 3.16. The van der Waals surface area contributed by atoms with Crippen LogP contribution in [0.4, 0.5) is 11.4 Å². The van der Waals surface area contributed by atoms with Crippen LogP contribution < -0.4 is 5.32 Å². The molecule has 0 aliphatic carbocycles. The monoisotopic (exact) mass is 243 g/mol. The Balaban J connectivity index is 2.22. The Morgan fingerprint density at radius 3 is 2.56 bits per heavy atom. The van der Waals surface area contributed by atoms with Gasteiger partial charge in [-0.2, -0.15) is 0 Å². The summed E-state index contributed by atoms with van der Waals surface area (Å²) in [5.41, 5.74) is 1.63. The number of nitro groups is 1. The molecule has 2 rings (SSSR count). The largest absolute Gasteiger partial charge is 0.373 e. The number of benzene rings is 1. The first-order valence-electron chi connectivity index (χ1n) is 5.58. The van der Waals surface area contributed by atoms with Gasteiger partial charge in [-0.25, -0.2) is 0 Å². The molecule has 1 aromatic carbocycles. The van der Waals surface area contributed by atoms with Gasteiger partial charge in [-0.1, -0.05) is 12.1 Å². The number of nitrogens with one attached hydrogen (secondary N) is 1. The van der Waals surface area contributed by atoms with Crippen LogP contribution in [0.1, 0.15) is 18.5 Å². The van der Waals surface area contributed by atoms with E-state index in [2.05, 4.69) is 10.3 Å². The molecule has 0 aliphatic rings. The zero-order chi connectivity index (χ0) is 13.0. The van der Waals surface area contributed by atoms with Gasteiger partial charge in [0, 0.05) is 24.5 Å².